The Morgan fingerprint density at radius 1 is 1.42 bits per heavy atom. The molecule has 0 atom stereocenters. The number of hydrogen-bond donors (Lipinski definition) is 1. The number of nitrogens with one attached hydrogen (secondary N) is 1. The summed E-state index contributed by atoms with van der Waals surface area (Å²) >= 11 is 0. The number of likely N-dealkylation sites (N-methyl/N-ethyl adjacent to an activating group) is 1. The number of H-pyrrole nitrogens is 1. The average molecular weight is 260 g/mol. The first-order chi connectivity index (χ1) is 9.25. The summed E-state index contributed by atoms with van der Waals surface area (Å²) in [6.45, 7) is 2.35. The van der Waals surface area contributed by atoms with Crippen LogP contribution in [-0.2, 0) is 4.79 Å². The van der Waals surface area contributed by atoms with Gasteiger partial charge in [-0.3, -0.25) is 4.79 Å². The fraction of sp³-hybridized carbons (Fsp3) is 0.500. The molecule has 0 saturated carbocycles. The molecule has 2 aromatic rings. The second kappa shape index (κ2) is 4.83. The molecule has 0 radical (unpaired) electrons. The van der Waals surface area contributed by atoms with Gasteiger partial charge in [0.15, 0.2) is 11.5 Å². The first kappa shape index (κ1) is 11.9. The standard InChI is InChI=1S/C12H16N6O/c1-17(5-6-18-4-2-3-9(18)19)12-10-11(14-7-13-10)15-8-16-12/h7-8H,2-6H2,1H3,(H,13,14,15,16). The highest BCUT2D eigenvalue weighted by Gasteiger charge is 2.20. The lowest BCUT2D eigenvalue weighted by atomic mass is 10.4. The molecule has 100 valence electrons. The molecule has 0 bridgehead atoms. The number of hydrogen-bond acceptors (Lipinski definition) is 5. The smallest absolute Gasteiger partial charge is 0.222 e. The topological polar surface area (TPSA) is 78.0 Å². The van der Waals surface area contributed by atoms with Crippen molar-refractivity contribution < 1.29 is 4.79 Å². The molecule has 3 rings (SSSR count). The fourth-order valence-electron chi connectivity index (χ4n) is 2.36. The highest BCUT2D eigenvalue weighted by molar-refractivity contribution is 5.82. The van der Waals surface area contributed by atoms with Crippen molar-refractivity contribution in [1.82, 2.24) is 24.8 Å². The third-order valence-corrected chi connectivity index (χ3v) is 3.44. The number of carbonyl (C=O) groups excluding carboxylic acids is 1. The van der Waals surface area contributed by atoms with E-state index in [1.165, 1.54) is 6.33 Å². The van der Waals surface area contributed by atoms with Crippen molar-refractivity contribution in [3.05, 3.63) is 12.7 Å². The lowest BCUT2D eigenvalue weighted by Crippen LogP contribution is -2.34. The molecule has 0 spiro atoms. The number of imidazole rings is 1. The van der Waals surface area contributed by atoms with E-state index >= 15 is 0 Å². The van der Waals surface area contributed by atoms with Crippen LogP contribution in [0.4, 0.5) is 5.82 Å². The van der Waals surface area contributed by atoms with E-state index in [1.807, 2.05) is 16.8 Å². The van der Waals surface area contributed by atoms with Crippen molar-refractivity contribution in [2.45, 2.75) is 12.8 Å². The minimum atomic E-state index is 0.253. The molecular weight excluding hydrogens is 244 g/mol. The summed E-state index contributed by atoms with van der Waals surface area (Å²) in [5.41, 5.74) is 1.49. The Morgan fingerprint density at radius 3 is 3.11 bits per heavy atom. The van der Waals surface area contributed by atoms with Crippen molar-refractivity contribution in [1.29, 1.82) is 0 Å². The number of aromatic amines is 1. The van der Waals surface area contributed by atoms with Crippen LogP contribution in [0.1, 0.15) is 12.8 Å². The highest BCUT2D eigenvalue weighted by atomic mass is 16.2. The van der Waals surface area contributed by atoms with Crippen LogP contribution in [0, 0.1) is 0 Å². The van der Waals surface area contributed by atoms with E-state index in [9.17, 15) is 4.79 Å². The van der Waals surface area contributed by atoms with Crippen LogP contribution in [0.15, 0.2) is 12.7 Å². The van der Waals surface area contributed by atoms with Crippen molar-refractivity contribution >= 4 is 22.9 Å². The van der Waals surface area contributed by atoms with Gasteiger partial charge in [0.1, 0.15) is 11.8 Å². The zero-order valence-corrected chi connectivity index (χ0v) is 10.8. The molecule has 1 amide bonds. The van der Waals surface area contributed by atoms with Crippen LogP contribution < -0.4 is 4.90 Å². The van der Waals surface area contributed by atoms with Crippen molar-refractivity contribution in [2.75, 3.05) is 31.6 Å². The second-order valence-electron chi connectivity index (χ2n) is 4.70. The summed E-state index contributed by atoms with van der Waals surface area (Å²) in [5, 5.41) is 0. The number of amides is 1. The normalized spacial score (nSPS) is 15.4. The Morgan fingerprint density at radius 2 is 2.32 bits per heavy atom. The summed E-state index contributed by atoms with van der Waals surface area (Å²) in [5.74, 6) is 1.07. The van der Waals surface area contributed by atoms with Gasteiger partial charge in [0.25, 0.3) is 0 Å². The third-order valence-electron chi connectivity index (χ3n) is 3.44. The van der Waals surface area contributed by atoms with Gasteiger partial charge in [-0.25, -0.2) is 15.0 Å². The molecule has 3 heterocycles. The van der Waals surface area contributed by atoms with Gasteiger partial charge in [-0.2, -0.15) is 0 Å². The van der Waals surface area contributed by atoms with Gasteiger partial charge < -0.3 is 14.8 Å². The summed E-state index contributed by atoms with van der Waals surface area (Å²) < 4.78 is 0. The SMILES string of the molecule is CN(CCN1CCCC1=O)c1ncnc2nc[nH]c12. The zero-order valence-electron chi connectivity index (χ0n) is 10.8. The molecule has 0 aliphatic carbocycles. The van der Waals surface area contributed by atoms with Gasteiger partial charge in [-0.15, -0.1) is 0 Å². The average Bonchev–Trinajstić information content (AvgIpc) is 3.04. The lowest BCUT2D eigenvalue weighted by Gasteiger charge is -2.22. The number of nitrogens with zero attached hydrogens (tertiary/aromatic N) is 5. The number of carbonyl (C=O) groups is 1. The Balaban J connectivity index is 1.71. The second-order valence-corrected chi connectivity index (χ2v) is 4.70. The largest absolute Gasteiger partial charge is 0.356 e. The Bertz CT molecular complexity index is 595. The molecule has 19 heavy (non-hydrogen) atoms. The molecule has 1 fully saturated rings. The number of rotatable bonds is 4. The van der Waals surface area contributed by atoms with Crippen LogP contribution in [0.25, 0.3) is 11.2 Å². The van der Waals surface area contributed by atoms with E-state index in [2.05, 4.69) is 19.9 Å². The number of aromatic nitrogens is 4. The quantitative estimate of drug-likeness (QED) is 0.861. The Labute approximate surface area is 110 Å². The molecule has 1 N–H and O–H groups in total. The minimum absolute atomic E-state index is 0.253. The van der Waals surface area contributed by atoms with Gasteiger partial charge in [-0.05, 0) is 6.42 Å². The maximum atomic E-state index is 11.6. The van der Waals surface area contributed by atoms with Gasteiger partial charge >= 0.3 is 0 Å². The predicted octanol–water partition coefficient (Wildman–Crippen LogP) is 0.411. The molecule has 2 aromatic heterocycles. The van der Waals surface area contributed by atoms with Crippen LogP contribution >= 0.6 is 0 Å². The highest BCUT2D eigenvalue weighted by Crippen LogP contribution is 2.18. The van der Waals surface area contributed by atoms with E-state index in [0.29, 0.717) is 12.1 Å². The van der Waals surface area contributed by atoms with E-state index in [-0.39, 0.29) is 5.91 Å². The fourth-order valence-corrected chi connectivity index (χ4v) is 2.36. The van der Waals surface area contributed by atoms with Gasteiger partial charge in [0, 0.05) is 33.1 Å². The number of fused-ring (bicyclic) bond motifs is 1. The Kier molecular flexibility index (Phi) is 3.02. The summed E-state index contributed by atoms with van der Waals surface area (Å²) in [6.07, 6.45) is 4.78. The molecule has 1 aliphatic rings. The maximum Gasteiger partial charge on any atom is 0.222 e. The van der Waals surface area contributed by atoms with Crippen LogP contribution in [0.2, 0.25) is 0 Å². The Hall–Kier alpha value is -2.18. The maximum absolute atomic E-state index is 11.6. The number of likely N-dealkylation sites (tertiary alicyclic amines) is 1. The van der Waals surface area contributed by atoms with Crippen LogP contribution in [0.3, 0.4) is 0 Å². The predicted molar refractivity (Wildman–Crippen MR) is 70.8 cm³/mol. The first-order valence-electron chi connectivity index (χ1n) is 6.38. The summed E-state index contributed by atoms with van der Waals surface area (Å²) in [4.78, 5) is 31.0. The monoisotopic (exact) mass is 260 g/mol. The molecular formula is C12H16N6O. The number of anilines is 1. The van der Waals surface area contributed by atoms with Crippen LogP contribution in [0.5, 0.6) is 0 Å². The lowest BCUT2D eigenvalue weighted by molar-refractivity contribution is -0.127. The molecule has 7 nitrogen and oxygen atoms in total. The van der Waals surface area contributed by atoms with Crippen molar-refractivity contribution in [2.24, 2.45) is 0 Å². The van der Waals surface area contributed by atoms with Gasteiger partial charge in [-0.1, -0.05) is 0 Å². The van der Waals surface area contributed by atoms with Crippen molar-refractivity contribution in [3.63, 3.8) is 0 Å². The third kappa shape index (κ3) is 2.23. The van der Waals surface area contributed by atoms with E-state index < -0.39 is 0 Å². The van der Waals surface area contributed by atoms with Gasteiger partial charge in [0.2, 0.25) is 5.91 Å². The van der Waals surface area contributed by atoms with E-state index in [0.717, 1.165) is 37.4 Å². The summed E-state index contributed by atoms with van der Waals surface area (Å²) in [7, 11) is 1.96. The molecule has 1 aliphatic heterocycles. The first-order valence-corrected chi connectivity index (χ1v) is 6.38. The van der Waals surface area contributed by atoms with E-state index in [4.69, 9.17) is 0 Å². The minimum Gasteiger partial charge on any atom is -0.356 e. The van der Waals surface area contributed by atoms with Crippen molar-refractivity contribution in [3.8, 4) is 0 Å². The zero-order chi connectivity index (χ0) is 13.2. The van der Waals surface area contributed by atoms with E-state index in [1.54, 1.807) is 6.33 Å². The van der Waals surface area contributed by atoms with Crippen LogP contribution in [-0.4, -0.2) is 57.4 Å². The molecule has 0 unspecified atom stereocenters. The molecule has 1 saturated heterocycles. The summed E-state index contributed by atoms with van der Waals surface area (Å²) in [6, 6.07) is 0. The van der Waals surface area contributed by atoms with Gasteiger partial charge in [0.05, 0.1) is 6.33 Å². The molecule has 0 aromatic carbocycles. The molecule has 7 heteroatoms.